The molecule has 0 aliphatic rings. The van der Waals surface area contributed by atoms with Crippen molar-refractivity contribution in [2.45, 2.75) is 32.7 Å². The maximum atomic E-state index is 12.3. The zero-order chi connectivity index (χ0) is 21.1. The van der Waals surface area contributed by atoms with E-state index in [9.17, 15) is 4.79 Å². The smallest absolute Gasteiger partial charge is 0.262 e. The lowest BCUT2D eigenvalue weighted by Gasteiger charge is -2.15. The average molecular weight is 465 g/mol. The van der Waals surface area contributed by atoms with Crippen LogP contribution in [0.1, 0.15) is 31.7 Å². The predicted octanol–water partition coefficient (Wildman–Crippen LogP) is 4.76. The van der Waals surface area contributed by atoms with Crippen LogP contribution in [-0.4, -0.2) is 33.3 Å². The Kier molecular flexibility index (Phi) is 9.80. The Morgan fingerprint density at radius 3 is 2.55 bits per heavy atom. The van der Waals surface area contributed by atoms with Crippen LogP contribution in [0.15, 0.2) is 40.9 Å². The second-order valence-corrected chi connectivity index (χ2v) is 7.38. The number of halogens is 1. The Balaban J connectivity index is 1.96. The summed E-state index contributed by atoms with van der Waals surface area (Å²) in [6, 6.07) is 11.1. The predicted molar refractivity (Wildman–Crippen MR) is 119 cm³/mol. The highest BCUT2D eigenvalue weighted by Gasteiger charge is 2.14. The Hall–Kier alpha value is -2.25. The molecule has 2 N–H and O–H groups in total. The third-order valence-electron chi connectivity index (χ3n) is 4.30. The van der Waals surface area contributed by atoms with Crippen molar-refractivity contribution in [3.05, 3.63) is 46.4 Å². The van der Waals surface area contributed by atoms with E-state index < -0.39 is 0 Å². The molecule has 2 aromatic rings. The van der Waals surface area contributed by atoms with E-state index in [0.717, 1.165) is 29.5 Å². The number of anilines is 1. The lowest BCUT2D eigenvalue weighted by Crippen LogP contribution is -2.21. The average Bonchev–Trinajstić information content (AvgIpc) is 2.72. The van der Waals surface area contributed by atoms with Gasteiger partial charge in [0.2, 0.25) is 0 Å². The third-order valence-corrected chi connectivity index (χ3v) is 4.89. The number of amides is 1. The van der Waals surface area contributed by atoms with E-state index in [4.69, 9.17) is 14.2 Å². The summed E-state index contributed by atoms with van der Waals surface area (Å²) in [5.41, 5.74) is 1.68. The second-order valence-electron chi connectivity index (χ2n) is 6.53. The van der Waals surface area contributed by atoms with E-state index in [1.807, 2.05) is 24.3 Å². The van der Waals surface area contributed by atoms with Gasteiger partial charge in [-0.05, 0) is 58.7 Å². The molecule has 0 aliphatic heterocycles. The number of benzene rings is 2. The first-order chi connectivity index (χ1) is 14.1. The van der Waals surface area contributed by atoms with E-state index >= 15 is 0 Å². The summed E-state index contributed by atoms with van der Waals surface area (Å²) >= 11 is 3.53. The minimum Gasteiger partial charge on any atom is -0.495 e. The van der Waals surface area contributed by atoms with Crippen LogP contribution in [0, 0.1) is 0 Å². The summed E-state index contributed by atoms with van der Waals surface area (Å²) in [4.78, 5) is 12.3. The van der Waals surface area contributed by atoms with E-state index in [1.165, 1.54) is 12.8 Å². The quantitative estimate of drug-likeness (QED) is 0.443. The molecule has 0 saturated heterocycles. The molecule has 0 bridgehead atoms. The first kappa shape index (κ1) is 23.0. The number of hydrogen-bond acceptors (Lipinski definition) is 5. The molecule has 1 amide bonds. The third kappa shape index (κ3) is 7.25. The first-order valence-corrected chi connectivity index (χ1v) is 10.5. The number of carbonyl (C=O) groups is 1. The Bertz CT molecular complexity index is 798. The van der Waals surface area contributed by atoms with Gasteiger partial charge in [-0.15, -0.1) is 0 Å². The van der Waals surface area contributed by atoms with Crippen molar-refractivity contribution in [2.24, 2.45) is 0 Å². The number of nitrogens with one attached hydrogen (secondary N) is 2. The number of methoxy groups -OCH3 is 2. The largest absolute Gasteiger partial charge is 0.495 e. The molecular weight excluding hydrogens is 436 g/mol. The van der Waals surface area contributed by atoms with Crippen LogP contribution < -0.4 is 24.8 Å². The van der Waals surface area contributed by atoms with Crippen molar-refractivity contribution in [3.63, 3.8) is 0 Å². The molecule has 0 atom stereocenters. The van der Waals surface area contributed by atoms with E-state index in [-0.39, 0.29) is 12.5 Å². The summed E-state index contributed by atoms with van der Waals surface area (Å²) in [5, 5.41) is 6.22. The monoisotopic (exact) mass is 464 g/mol. The molecule has 0 unspecified atom stereocenters. The standard InChI is InChI=1S/C22H29BrN2O4/c1-4-5-8-11-24-14-16-12-17(23)22(20(13-16)28-3)29-15-21(26)25-18-9-6-7-10-19(18)27-2/h6-7,9-10,12-13,24H,4-5,8,11,14-15H2,1-3H3,(H,25,26). The summed E-state index contributed by atoms with van der Waals surface area (Å²) < 4.78 is 17.2. The van der Waals surface area contributed by atoms with Crippen LogP contribution in [0.5, 0.6) is 17.2 Å². The normalized spacial score (nSPS) is 10.5. The molecule has 0 fully saturated rings. The van der Waals surface area contributed by atoms with E-state index in [1.54, 1.807) is 26.4 Å². The zero-order valence-corrected chi connectivity index (χ0v) is 18.8. The Morgan fingerprint density at radius 2 is 1.83 bits per heavy atom. The van der Waals surface area contributed by atoms with Crippen molar-refractivity contribution in [2.75, 3.05) is 32.7 Å². The number of para-hydroxylation sites is 2. The molecule has 6 nitrogen and oxygen atoms in total. The minimum atomic E-state index is -0.287. The van der Waals surface area contributed by atoms with Gasteiger partial charge in [-0.25, -0.2) is 0 Å². The Morgan fingerprint density at radius 1 is 1.07 bits per heavy atom. The van der Waals surface area contributed by atoms with Gasteiger partial charge in [0, 0.05) is 6.54 Å². The van der Waals surface area contributed by atoms with Gasteiger partial charge in [0.25, 0.3) is 5.91 Å². The van der Waals surface area contributed by atoms with Gasteiger partial charge in [-0.3, -0.25) is 4.79 Å². The zero-order valence-electron chi connectivity index (χ0n) is 17.2. The molecular formula is C22H29BrN2O4. The van der Waals surface area contributed by atoms with Gasteiger partial charge >= 0.3 is 0 Å². The van der Waals surface area contributed by atoms with Crippen LogP contribution in [0.2, 0.25) is 0 Å². The molecule has 0 aromatic heterocycles. The van der Waals surface area contributed by atoms with Crippen LogP contribution in [0.4, 0.5) is 5.69 Å². The summed E-state index contributed by atoms with van der Waals surface area (Å²) in [6.45, 7) is 3.77. The fourth-order valence-corrected chi connectivity index (χ4v) is 3.42. The minimum absolute atomic E-state index is 0.151. The lowest BCUT2D eigenvalue weighted by atomic mass is 10.2. The molecule has 0 heterocycles. The van der Waals surface area contributed by atoms with Gasteiger partial charge in [-0.2, -0.15) is 0 Å². The summed E-state index contributed by atoms with van der Waals surface area (Å²) in [6.07, 6.45) is 3.60. The van der Waals surface area contributed by atoms with Gasteiger partial charge in [-0.1, -0.05) is 31.9 Å². The number of unbranched alkanes of at least 4 members (excludes halogenated alkanes) is 2. The number of hydrogen-bond donors (Lipinski definition) is 2. The van der Waals surface area contributed by atoms with Crippen molar-refractivity contribution in [3.8, 4) is 17.2 Å². The molecule has 2 rings (SSSR count). The van der Waals surface area contributed by atoms with E-state index in [0.29, 0.717) is 22.9 Å². The number of rotatable bonds is 12. The summed E-state index contributed by atoms with van der Waals surface area (Å²) in [7, 11) is 3.14. The fourth-order valence-electron chi connectivity index (χ4n) is 2.82. The fraction of sp³-hybridized carbons (Fsp3) is 0.409. The van der Waals surface area contributed by atoms with Gasteiger partial charge in [0.15, 0.2) is 18.1 Å². The molecule has 2 aromatic carbocycles. The van der Waals surface area contributed by atoms with Gasteiger partial charge in [0.05, 0.1) is 24.4 Å². The highest BCUT2D eigenvalue weighted by Crippen LogP contribution is 2.36. The molecule has 158 valence electrons. The van der Waals surface area contributed by atoms with Crippen LogP contribution in [-0.2, 0) is 11.3 Å². The molecule has 0 radical (unpaired) electrons. The van der Waals surface area contributed by atoms with Gasteiger partial charge in [0.1, 0.15) is 5.75 Å². The Labute approximate surface area is 181 Å². The lowest BCUT2D eigenvalue weighted by molar-refractivity contribution is -0.118. The van der Waals surface area contributed by atoms with Crippen molar-refractivity contribution < 1.29 is 19.0 Å². The maximum Gasteiger partial charge on any atom is 0.262 e. The molecule has 7 heteroatoms. The van der Waals surface area contributed by atoms with Crippen molar-refractivity contribution in [1.29, 1.82) is 0 Å². The molecule has 29 heavy (non-hydrogen) atoms. The highest BCUT2D eigenvalue weighted by molar-refractivity contribution is 9.10. The molecule has 0 aliphatic carbocycles. The van der Waals surface area contributed by atoms with Crippen LogP contribution in [0.3, 0.4) is 0 Å². The second kappa shape index (κ2) is 12.3. The van der Waals surface area contributed by atoms with Crippen LogP contribution in [0.25, 0.3) is 0 Å². The van der Waals surface area contributed by atoms with Crippen molar-refractivity contribution in [1.82, 2.24) is 5.32 Å². The molecule has 0 spiro atoms. The maximum absolute atomic E-state index is 12.3. The topological polar surface area (TPSA) is 68.8 Å². The van der Waals surface area contributed by atoms with Gasteiger partial charge < -0.3 is 24.8 Å². The molecule has 0 saturated carbocycles. The number of carbonyl (C=O) groups excluding carboxylic acids is 1. The van der Waals surface area contributed by atoms with Crippen molar-refractivity contribution >= 4 is 27.5 Å². The highest BCUT2D eigenvalue weighted by atomic mass is 79.9. The summed E-state index contributed by atoms with van der Waals surface area (Å²) in [5.74, 6) is 1.38. The SMILES string of the molecule is CCCCCNCc1cc(Br)c(OCC(=O)Nc2ccccc2OC)c(OC)c1. The first-order valence-electron chi connectivity index (χ1n) is 9.71. The number of ether oxygens (including phenoxy) is 3. The van der Waals surface area contributed by atoms with E-state index in [2.05, 4.69) is 33.5 Å². The van der Waals surface area contributed by atoms with Crippen LogP contribution >= 0.6 is 15.9 Å².